The van der Waals surface area contributed by atoms with Crippen LogP contribution in [-0.4, -0.2) is 26.9 Å². The van der Waals surface area contributed by atoms with Gasteiger partial charge in [0.1, 0.15) is 0 Å². The van der Waals surface area contributed by atoms with Crippen molar-refractivity contribution >= 4 is 12.6 Å². The van der Waals surface area contributed by atoms with Crippen LogP contribution in [0.2, 0.25) is 0 Å². The Labute approximate surface area is 87.9 Å². The van der Waals surface area contributed by atoms with E-state index < -0.39 is 7.12 Å². The Morgan fingerprint density at radius 1 is 1.33 bits per heavy atom. The van der Waals surface area contributed by atoms with Gasteiger partial charge in [-0.25, -0.2) is 4.68 Å². The van der Waals surface area contributed by atoms with Crippen LogP contribution in [0.5, 0.6) is 0 Å². The lowest BCUT2D eigenvalue weighted by atomic mass is 9.80. The number of hydrogen-bond donors (Lipinski definition) is 2. The van der Waals surface area contributed by atoms with Crippen LogP contribution >= 0.6 is 0 Å². The Morgan fingerprint density at radius 2 is 2.13 bits per heavy atom. The summed E-state index contributed by atoms with van der Waals surface area (Å²) in [6, 6.07) is 6.97. The van der Waals surface area contributed by atoms with Gasteiger partial charge in [-0.2, -0.15) is 5.10 Å². The van der Waals surface area contributed by atoms with Crippen LogP contribution in [0.1, 0.15) is 5.56 Å². The van der Waals surface area contributed by atoms with Crippen molar-refractivity contribution in [1.82, 2.24) is 9.78 Å². The number of benzene rings is 1. The summed E-state index contributed by atoms with van der Waals surface area (Å²) in [5, 5.41) is 22.2. The first-order valence-corrected chi connectivity index (χ1v) is 4.64. The third-order valence-electron chi connectivity index (χ3n) is 2.14. The molecule has 0 spiro atoms. The summed E-state index contributed by atoms with van der Waals surface area (Å²) in [6.45, 7) is 1.95. The minimum atomic E-state index is -1.44. The van der Waals surface area contributed by atoms with E-state index in [4.69, 9.17) is 10.0 Å². The second-order valence-corrected chi connectivity index (χ2v) is 3.43. The van der Waals surface area contributed by atoms with E-state index in [-0.39, 0.29) is 0 Å². The van der Waals surface area contributed by atoms with Crippen molar-refractivity contribution in [1.29, 1.82) is 0 Å². The Balaban J connectivity index is 2.41. The molecule has 0 radical (unpaired) electrons. The fourth-order valence-electron chi connectivity index (χ4n) is 1.38. The monoisotopic (exact) mass is 202 g/mol. The van der Waals surface area contributed by atoms with Gasteiger partial charge >= 0.3 is 7.12 Å². The normalized spacial score (nSPS) is 10.3. The van der Waals surface area contributed by atoms with Gasteiger partial charge < -0.3 is 10.0 Å². The third kappa shape index (κ3) is 2.08. The minimum absolute atomic E-state index is 0.459. The van der Waals surface area contributed by atoms with Crippen molar-refractivity contribution in [2.24, 2.45) is 0 Å². The molecule has 0 saturated heterocycles. The molecule has 0 aliphatic carbocycles. The lowest BCUT2D eigenvalue weighted by molar-refractivity contribution is 0.426. The molecule has 2 rings (SSSR count). The topological polar surface area (TPSA) is 58.3 Å². The van der Waals surface area contributed by atoms with Gasteiger partial charge in [-0.3, -0.25) is 0 Å². The van der Waals surface area contributed by atoms with Crippen LogP contribution in [0.3, 0.4) is 0 Å². The third-order valence-corrected chi connectivity index (χ3v) is 2.14. The molecule has 1 aromatic heterocycles. The van der Waals surface area contributed by atoms with Crippen LogP contribution in [0.4, 0.5) is 0 Å². The van der Waals surface area contributed by atoms with E-state index in [1.54, 1.807) is 29.1 Å². The zero-order chi connectivity index (χ0) is 10.8. The predicted octanol–water partition coefficient (Wildman–Crippen LogP) is -0.139. The molecule has 0 amide bonds. The average Bonchev–Trinajstić information content (AvgIpc) is 2.65. The highest BCUT2D eigenvalue weighted by Crippen LogP contribution is 2.05. The summed E-state index contributed by atoms with van der Waals surface area (Å²) in [5.74, 6) is 0. The molecule has 0 saturated carbocycles. The van der Waals surface area contributed by atoms with Crippen molar-refractivity contribution in [2.45, 2.75) is 6.92 Å². The van der Waals surface area contributed by atoms with Crippen LogP contribution in [0.25, 0.3) is 5.69 Å². The molecule has 15 heavy (non-hydrogen) atoms. The summed E-state index contributed by atoms with van der Waals surface area (Å²) in [5.41, 5.74) is 2.33. The highest BCUT2D eigenvalue weighted by molar-refractivity contribution is 6.58. The number of nitrogens with zero attached hydrogens (tertiary/aromatic N) is 2. The predicted molar refractivity (Wildman–Crippen MR) is 58.1 cm³/mol. The van der Waals surface area contributed by atoms with Gasteiger partial charge in [-0.05, 0) is 30.1 Å². The standard InChI is InChI=1S/C10H11BN2O2/c1-8-6-12-13(7-8)10-4-2-3-9(5-10)11(14)15/h2-7,14-15H,1H3. The summed E-state index contributed by atoms with van der Waals surface area (Å²) in [6.07, 6.45) is 3.63. The van der Waals surface area contributed by atoms with Crippen LogP contribution < -0.4 is 5.46 Å². The van der Waals surface area contributed by atoms with E-state index in [0.717, 1.165) is 11.3 Å². The van der Waals surface area contributed by atoms with Crippen molar-refractivity contribution in [3.63, 3.8) is 0 Å². The van der Waals surface area contributed by atoms with Gasteiger partial charge in [0, 0.05) is 6.20 Å². The molecule has 0 aliphatic heterocycles. The first kappa shape index (κ1) is 9.95. The Hall–Kier alpha value is -1.59. The first-order chi connectivity index (χ1) is 7.16. The van der Waals surface area contributed by atoms with Crippen LogP contribution in [-0.2, 0) is 0 Å². The summed E-state index contributed by atoms with van der Waals surface area (Å²) in [4.78, 5) is 0. The lowest BCUT2D eigenvalue weighted by Gasteiger charge is -2.04. The maximum Gasteiger partial charge on any atom is 0.488 e. The Kier molecular flexibility index (Phi) is 2.57. The van der Waals surface area contributed by atoms with Gasteiger partial charge in [-0.1, -0.05) is 12.1 Å². The fourth-order valence-corrected chi connectivity index (χ4v) is 1.38. The SMILES string of the molecule is Cc1cnn(-c2cccc(B(O)O)c2)c1. The highest BCUT2D eigenvalue weighted by atomic mass is 16.4. The zero-order valence-electron chi connectivity index (χ0n) is 8.33. The van der Waals surface area contributed by atoms with Crippen molar-refractivity contribution < 1.29 is 10.0 Å². The molecular formula is C10H11BN2O2. The van der Waals surface area contributed by atoms with Gasteiger partial charge in [0.2, 0.25) is 0 Å². The molecule has 0 aliphatic rings. The summed E-state index contributed by atoms with van der Waals surface area (Å²) in [7, 11) is -1.44. The van der Waals surface area contributed by atoms with E-state index in [1.165, 1.54) is 0 Å². The number of aryl methyl sites for hydroxylation is 1. The second kappa shape index (κ2) is 3.88. The average molecular weight is 202 g/mol. The first-order valence-electron chi connectivity index (χ1n) is 4.64. The van der Waals surface area contributed by atoms with Gasteiger partial charge in [0.05, 0.1) is 11.9 Å². The molecule has 0 atom stereocenters. The van der Waals surface area contributed by atoms with E-state index in [1.807, 2.05) is 19.2 Å². The molecule has 0 unspecified atom stereocenters. The van der Waals surface area contributed by atoms with E-state index in [0.29, 0.717) is 5.46 Å². The summed E-state index contributed by atoms with van der Waals surface area (Å²) < 4.78 is 1.70. The summed E-state index contributed by atoms with van der Waals surface area (Å²) >= 11 is 0. The van der Waals surface area contributed by atoms with E-state index >= 15 is 0 Å². The molecule has 1 heterocycles. The number of hydrogen-bond acceptors (Lipinski definition) is 3. The molecule has 2 N–H and O–H groups in total. The number of aromatic nitrogens is 2. The smallest absolute Gasteiger partial charge is 0.423 e. The highest BCUT2D eigenvalue weighted by Gasteiger charge is 2.11. The van der Waals surface area contributed by atoms with Gasteiger partial charge in [0.15, 0.2) is 0 Å². The minimum Gasteiger partial charge on any atom is -0.423 e. The number of rotatable bonds is 2. The zero-order valence-corrected chi connectivity index (χ0v) is 8.33. The Morgan fingerprint density at radius 3 is 2.73 bits per heavy atom. The van der Waals surface area contributed by atoms with Crippen LogP contribution in [0.15, 0.2) is 36.7 Å². The maximum atomic E-state index is 9.03. The fraction of sp³-hybridized carbons (Fsp3) is 0.100. The molecule has 5 heteroatoms. The molecule has 0 fully saturated rings. The van der Waals surface area contributed by atoms with E-state index in [9.17, 15) is 0 Å². The van der Waals surface area contributed by atoms with Crippen molar-refractivity contribution in [3.8, 4) is 5.69 Å². The molecule has 0 bridgehead atoms. The molecule has 4 nitrogen and oxygen atoms in total. The van der Waals surface area contributed by atoms with Crippen molar-refractivity contribution in [2.75, 3.05) is 0 Å². The molecule has 2 aromatic rings. The van der Waals surface area contributed by atoms with E-state index in [2.05, 4.69) is 5.10 Å². The largest absolute Gasteiger partial charge is 0.488 e. The quantitative estimate of drug-likeness (QED) is 0.666. The van der Waals surface area contributed by atoms with Gasteiger partial charge in [0.25, 0.3) is 0 Å². The lowest BCUT2D eigenvalue weighted by Crippen LogP contribution is -2.29. The maximum absolute atomic E-state index is 9.03. The van der Waals surface area contributed by atoms with Crippen LogP contribution in [0, 0.1) is 6.92 Å². The second-order valence-electron chi connectivity index (χ2n) is 3.43. The molecule has 1 aromatic carbocycles. The van der Waals surface area contributed by atoms with Gasteiger partial charge in [-0.15, -0.1) is 0 Å². The Bertz CT molecular complexity index is 468. The molecular weight excluding hydrogens is 191 g/mol. The molecule has 76 valence electrons. The van der Waals surface area contributed by atoms with Crippen molar-refractivity contribution in [3.05, 3.63) is 42.2 Å².